The van der Waals surface area contributed by atoms with Crippen LogP contribution in [0.15, 0.2) is 71.8 Å². The lowest BCUT2D eigenvalue weighted by molar-refractivity contribution is -0.120. The van der Waals surface area contributed by atoms with Gasteiger partial charge in [-0.25, -0.2) is 5.43 Å². The molecule has 3 aromatic rings. The largest absolute Gasteiger partial charge is 0.493 e. The van der Waals surface area contributed by atoms with Crippen molar-refractivity contribution in [3.05, 3.63) is 77.9 Å². The van der Waals surface area contributed by atoms with Crippen molar-refractivity contribution in [2.75, 3.05) is 13.2 Å². The van der Waals surface area contributed by atoms with Crippen LogP contribution in [0.2, 0.25) is 0 Å². The van der Waals surface area contributed by atoms with Crippen LogP contribution in [-0.2, 0) is 4.79 Å². The molecule has 0 atom stereocenters. The van der Waals surface area contributed by atoms with Crippen LogP contribution in [-0.4, -0.2) is 31.2 Å². The minimum Gasteiger partial charge on any atom is -0.493 e. The van der Waals surface area contributed by atoms with Crippen LogP contribution in [0.4, 0.5) is 0 Å². The standard InChI is InChI=1S/C22H21N3O3/c1-2-28-20-13-6-4-9-17(20)14-24-25-21(26)15-23-22(27)19-12-7-10-16-8-3-5-11-18(16)19/h3-14H,2,15H2,1H3,(H,23,27)(H,25,26)/b24-14+. The molecule has 3 aromatic carbocycles. The molecule has 6 heteroatoms. The van der Waals surface area contributed by atoms with Gasteiger partial charge in [-0.2, -0.15) is 5.10 Å². The quantitative estimate of drug-likeness (QED) is 0.492. The van der Waals surface area contributed by atoms with E-state index in [9.17, 15) is 9.59 Å². The zero-order chi connectivity index (χ0) is 19.8. The molecule has 0 saturated carbocycles. The number of fused-ring (bicyclic) bond motifs is 1. The Kier molecular flexibility index (Phi) is 6.36. The summed E-state index contributed by atoms with van der Waals surface area (Å²) in [5, 5.41) is 8.36. The Morgan fingerprint density at radius 2 is 1.75 bits per heavy atom. The van der Waals surface area contributed by atoms with Crippen molar-refractivity contribution in [2.45, 2.75) is 6.92 Å². The number of nitrogens with zero attached hydrogens (tertiary/aromatic N) is 1. The maximum absolute atomic E-state index is 12.4. The number of carbonyl (C=O) groups is 2. The highest BCUT2D eigenvalue weighted by molar-refractivity contribution is 6.07. The van der Waals surface area contributed by atoms with Crippen LogP contribution in [0.3, 0.4) is 0 Å². The average molecular weight is 375 g/mol. The van der Waals surface area contributed by atoms with Gasteiger partial charge in [0, 0.05) is 11.1 Å². The van der Waals surface area contributed by atoms with Crippen LogP contribution in [0, 0.1) is 0 Å². The summed E-state index contributed by atoms with van der Waals surface area (Å²) in [6, 6.07) is 20.5. The van der Waals surface area contributed by atoms with E-state index in [0.717, 1.165) is 16.3 Å². The average Bonchev–Trinajstić information content (AvgIpc) is 2.73. The first-order chi connectivity index (χ1) is 13.7. The van der Waals surface area contributed by atoms with E-state index in [4.69, 9.17) is 4.74 Å². The molecule has 0 aromatic heterocycles. The van der Waals surface area contributed by atoms with Gasteiger partial charge in [0.2, 0.25) is 0 Å². The van der Waals surface area contributed by atoms with Crippen LogP contribution >= 0.6 is 0 Å². The summed E-state index contributed by atoms with van der Waals surface area (Å²) >= 11 is 0. The van der Waals surface area contributed by atoms with Gasteiger partial charge in [0.15, 0.2) is 0 Å². The summed E-state index contributed by atoms with van der Waals surface area (Å²) in [7, 11) is 0. The molecule has 0 aliphatic rings. The number of benzene rings is 3. The highest BCUT2D eigenvalue weighted by atomic mass is 16.5. The zero-order valence-corrected chi connectivity index (χ0v) is 15.5. The number of rotatable bonds is 7. The molecule has 0 radical (unpaired) electrons. The van der Waals surface area contributed by atoms with Crippen molar-refractivity contribution >= 4 is 28.8 Å². The molecule has 0 unspecified atom stereocenters. The number of para-hydroxylation sites is 1. The van der Waals surface area contributed by atoms with Gasteiger partial charge in [-0.3, -0.25) is 9.59 Å². The lowest BCUT2D eigenvalue weighted by atomic mass is 10.0. The molecule has 6 nitrogen and oxygen atoms in total. The van der Waals surface area contributed by atoms with Gasteiger partial charge < -0.3 is 10.1 Å². The Balaban J connectivity index is 1.56. The Bertz CT molecular complexity index is 1010. The van der Waals surface area contributed by atoms with Crippen molar-refractivity contribution in [3.63, 3.8) is 0 Å². The summed E-state index contributed by atoms with van der Waals surface area (Å²) in [6.45, 7) is 2.26. The maximum Gasteiger partial charge on any atom is 0.259 e. The topological polar surface area (TPSA) is 79.8 Å². The fraction of sp³-hybridized carbons (Fsp3) is 0.136. The second-order valence-electron chi connectivity index (χ2n) is 5.97. The SMILES string of the molecule is CCOc1ccccc1/C=N/NC(=O)CNC(=O)c1cccc2ccccc12. The number of hydrazone groups is 1. The Hall–Kier alpha value is -3.67. The van der Waals surface area contributed by atoms with E-state index in [-0.39, 0.29) is 12.5 Å². The monoisotopic (exact) mass is 375 g/mol. The molecule has 0 bridgehead atoms. The van der Waals surface area contributed by atoms with Crippen LogP contribution in [0.25, 0.3) is 10.8 Å². The third kappa shape index (κ3) is 4.73. The first-order valence-corrected chi connectivity index (χ1v) is 8.98. The molecular weight excluding hydrogens is 354 g/mol. The van der Waals surface area contributed by atoms with Gasteiger partial charge in [0.05, 0.1) is 19.4 Å². The molecule has 142 valence electrons. The van der Waals surface area contributed by atoms with Crippen LogP contribution in [0.5, 0.6) is 5.75 Å². The first kappa shape index (κ1) is 19.1. The molecule has 0 saturated heterocycles. The molecular formula is C22H21N3O3. The summed E-state index contributed by atoms with van der Waals surface area (Å²) in [6.07, 6.45) is 1.51. The van der Waals surface area contributed by atoms with E-state index in [1.165, 1.54) is 6.21 Å². The lowest BCUT2D eigenvalue weighted by Gasteiger charge is -2.08. The normalized spacial score (nSPS) is 10.8. The predicted octanol–water partition coefficient (Wildman–Crippen LogP) is 3.12. The highest BCUT2D eigenvalue weighted by Gasteiger charge is 2.10. The van der Waals surface area contributed by atoms with Gasteiger partial charge in [-0.05, 0) is 35.9 Å². The lowest BCUT2D eigenvalue weighted by Crippen LogP contribution is -2.35. The predicted molar refractivity (Wildman–Crippen MR) is 110 cm³/mol. The minimum atomic E-state index is -0.418. The highest BCUT2D eigenvalue weighted by Crippen LogP contribution is 2.18. The van der Waals surface area contributed by atoms with Gasteiger partial charge in [-0.1, -0.05) is 48.5 Å². The third-order valence-corrected chi connectivity index (χ3v) is 4.06. The Morgan fingerprint density at radius 3 is 2.61 bits per heavy atom. The van der Waals surface area contributed by atoms with Gasteiger partial charge in [0.25, 0.3) is 11.8 Å². The van der Waals surface area contributed by atoms with Crippen molar-refractivity contribution in [2.24, 2.45) is 5.10 Å². The Labute approximate surface area is 163 Å². The van der Waals surface area contributed by atoms with E-state index in [1.807, 2.05) is 67.6 Å². The van der Waals surface area contributed by atoms with Crippen molar-refractivity contribution < 1.29 is 14.3 Å². The van der Waals surface area contributed by atoms with Crippen LogP contribution in [0.1, 0.15) is 22.8 Å². The number of ether oxygens (including phenoxy) is 1. The Morgan fingerprint density at radius 1 is 1.00 bits per heavy atom. The number of carbonyl (C=O) groups excluding carboxylic acids is 2. The molecule has 0 heterocycles. The van der Waals surface area contributed by atoms with E-state index >= 15 is 0 Å². The van der Waals surface area contributed by atoms with E-state index < -0.39 is 5.91 Å². The fourth-order valence-electron chi connectivity index (χ4n) is 2.77. The third-order valence-electron chi connectivity index (χ3n) is 4.06. The molecule has 2 N–H and O–H groups in total. The molecule has 0 aliphatic carbocycles. The van der Waals surface area contributed by atoms with E-state index in [2.05, 4.69) is 15.8 Å². The minimum absolute atomic E-state index is 0.174. The van der Waals surface area contributed by atoms with Crippen molar-refractivity contribution in [3.8, 4) is 5.75 Å². The molecule has 2 amide bonds. The number of nitrogens with one attached hydrogen (secondary N) is 2. The van der Waals surface area contributed by atoms with Crippen molar-refractivity contribution in [1.29, 1.82) is 0 Å². The van der Waals surface area contributed by atoms with E-state index in [1.54, 1.807) is 6.07 Å². The number of amides is 2. The molecule has 0 aliphatic heterocycles. The van der Waals surface area contributed by atoms with Gasteiger partial charge >= 0.3 is 0 Å². The zero-order valence-electron chi connectivity index (χ0n) is 15.5. The maximum atomic E-state index is 12.4. The molecule has 0 spiro atoms. The fourth-order valence-corrected chi connectivity index (χ4v) is 2.77. The van der Waals surface area contributed by atoms with E-state index in [0.29, 0.717) is 17.9 Å². The molecule has 28 heavy (non-hydrogen) atoms. The molecule has 3 rings (SSSR count). The summed E-state index contributed by atoms with van der Waals surface area (Å²) < 4.78 is 5.50. The number of hydrogen-bond acceptors (Lipinski definition) is 4. The summed E-state index contributed by atoms with van der Waals surface area (Å²) in [5.41, 5.74) is 3.69. The second kappa shape index (κ2) is 9.32. The smallest absolute Gasteiger partial charge is 0.259 e. The van der Waals surface area contributed by atoms with Crippen molar-refractivity contribution in [1.82, 2.24) is 10.7 Å². The first-order valence-electron chi connectivity index (χ1n) is 8.98. The molecule has 0 fully saturated rings. The van der Waals surface area contributed by atoms with Crippen LogP contribution < -0.4 is 15.5 Å². The number of hydrogen-bond donors (Lipinski definition) is 2. The second-order valence-corrected chi connectivity index (χ2v) is 5.97. The van der Waals surface area contributed by atoms with Gasteiger partial charge in [0.1, 0.15) is 5.75 Å². The summed E-state index contributed by atoms with van der Waals surface area (Å²) in [5.74, 6) is -0.0383. The van der Waals surface area contributed by atoms with Gasteiger partial charge in [-0.15, -0.1) is 0 Å². The summed E-state index contributed by atoms with van der Waals surface area (Å²) in [4.78, 5) is 24.4.